The van der Waals surface area contributed by atoms with Crippen molar-refractivity contribution in [1.29, 1.82) is 0 Å². The lowest BCUT2D eigenvalue weighted by molar-refractivity contribution is 0.487. The average molecular weight is 387 g/mol. The van der Waals surface area contributed by atoms with Crippen LogP contribution < -0.4 is 5.73 Å². The highest BCUT2D eigenvalue weighted by molar-refractivity contribution is 14.0. The number of hydrogen-bond donors (Lipinski definition) is 1. The highest BCUT2D eigenvalue weighted by Gasteiger charge is 2.27. The maximum absolute atomic E-state index is 6.00. The fourth-order valence-corrected chi connectivity index (χ4v) is 2.65. The number of benzene rings is 1. The molecule has 1 aromatic rings. The van der Waals surface area contributed by atoms with Crippen LogP contribution in [0.2, 0.25) is 0 Å². The van der Waals surface area contributed by atoms with E-state index in [9.17, 15) is 0 Å². The molecule has 0 saturated heterocycles. The van der Waals surface area contributed by atoms with Crippen LogP contribution in [0.3, 0.4) is 0 Å². The van der Waals surface area contributed by atoms with Crippen LogP contribution in [-0.4, -0.2) is 30.5 Å². The second-order valence-corrected chi connectivity index (χ2v) is 5.71. The summed E-state index contributed by atoms with van der Waals surface area (Å²) in [4.78, 5) is 6.61. The predicted octanol–water partition coefficient (Wildman–Crippen LogP) is 3.18. The van der Waals surface area contributed by atoms with Crippen molar-refractivity contribution in [3.05, 3.63) is 34.4 Å². The summed E-state index contributed by atoms with van der Waals surface area (Å²) in [6.07, 6.45) is 3.48. The molecular weight excluding hydrogens is 361 g/mol. The van der Waals surface area contributed by atoms with Crippen molar-refractivity contribution in [2.75, 3.05) is 13.6 Å². The molecule has 1 fully saturated rings. The zero-order valence-corrected chi connectivity index (χ0v) is 15.3. The molecule has 3 nitrogen and oxygen atoms in total. The molecule has 2 N–H and O–H groups in total. The second-order valence-electron chi connectivity index (χ2n) is 5.71. The largest absolute Gasteiger partial charge is 0.370 e. The van der Waals surface area contributed by atoms with E-state index in [4.69, 9.17) is 5.73 Å². The van der Waals surface area contributed by atoms with E-state index < -0.39 is 0 Å². The molecule has 1 aliphatic rings. The quantitative estimate of drug-likeness (QED) is 0.490. The van der Waals surface area contributed by atoms with Crippen LogP contribution in [0.1, 0.15) is 35.1 Å². The van der Waals surface area contributed by atoms with Crippen LogP contribution in [-0.2, 0) is 6.42 Å². The Morgan fingerprint density at radius 1 is 1.25 bits per heavy atom. The molecule has 0 bridgehead atoms. The van der Waals surface area contributed by atoms with E-state index in [0.717, 1.165) is 13.0 Å². The third kappa shape index (κ3) is 4.36. The Balaban J connectivity index is 0.00000200. The van der Waals surface area contributed by atoms with E-state index in [0.29, 0.717) is 12.0 Å². The Morgan fingerprint density at radius 2 is 1.80 bits per heavy atom. The molecule has 0 radical (unpaired) electrons. The molecule has 0 aliphatic heterocycles. The third-order valence-corrected chi connectivity index (χ3v) is 3.93. The minimum absolute atomic E-state index is 0. The van der Waals surface area contributed by atoms with E-state index >= 15 is 0 Å². The van der Waals surface area contributed by atoms with Crippen LogP contribution >= 0.6 is 24.0 Å². The summed E-state index contributed by atoms with van der Waals surface area (Å²) < 4.78 is 0. The molecule has 2 rings (SSSR count). The number of rotatable bonds is 4. The minimum atomic E-state index is 0. The lowest BCUT2D eigenvalue weighted by Gasteiger charge is -2.17. The average Bonchev–Trinajstić information content (AvgIpc) is 3.15. The summed E-state index contributed by atoms with van der Waals surface area (Å²) in [5.41, 5.74) is 11.5. The molecule has 20 heavy (non-hydrogen) atoms. The van der Waals surface area contributed by atoms with E-state index in [2.05, 4.69) is 42.8 Å². The first-order valence-electron chi connectivity index (χ1n) is 7.08. The van der Waals surface area contributed by atoms with Gasteiger partial charge < -0.3 is 10.6 Å². The lowest BCUT2D eigenvalue weighted by Crippen LogP contribution is -2.35. The first-order valence-corrected chi connectivity index (χ1v) is 7.08. The molecule has 1 saturated carbocycles. The number of nitrogens with two attached hydrogens (primary N) is 1. The van der Waals surface area contributed by atoms with Crippen LogP contribution in [0.25, 0.3) is 0 Å². The van der Waals surface area contributed by atoms with Gasteiger partial charge in [-0.3, -0.25) is 4.99 Å². The maximum atomic E-state index is 6.00. The lowest BCUT2D eigenvalue weighted by atomic mass is 9.97. The molecular formula is C16H26IN3. The fraction of sp³-hybridized carbons (Fsp3) is 0.562. The highest BCUT2D eigenvalue weighted by Crippen LogP contribution is 2.24. The molecule has 0 amide bonds. The monoisotopic (exact) mass is 387 g/mol. The Morgan fingerprint density at radius 3 is 2.30 bits per heavy atom. The Hall–Kier alpha value is -0.780. The van der Waals surface area contributed by atoms with Gasteiger partial charge in [-0.25, -0.2) is 0 Å². The van der Waals surface area contributed by atoms with Crippen molar-refractivity contribution in [2.45, 2.75) is 46.1 Å². The standard InChI is InChI=1S/C16H25N3.HI/c1-11-9-12(2)15(13(3)10-11)7-8-18-16(17)19(4)14-5-6-14;/h9-10,14H,5-8H2,1-4H3,(H2,17,18);1H. The molecule has 1 aromatic carbocycles. The summed E-state index contributed by atoms with van der Waals surface area (Å²) in [6, 6.07) is 5.11. The van der Waals surface area contributed by atoms with E-state index in [1.165, 1.54) is 35.1 Å². The van der Waals surface area contributed by atoms with Gasteiger partial charge in [-0.1, -0.05) is 17.7 Å². The molecule has 0 spiro atoms. The van der Waals surface area contributed by atoms with Crippen molar-refractivity contribution in [1.82, 2.24) is 4.90 Å². The molecule has 0 atom stereocenters. The fourth-order valence-electron chi connectivity index (χ4n) is 2.65. The van der Waals surface area contributed by atoms with Gasteiger partial charge in [0.15, 0.2) is 5.96 Å². The summed E-state index contributed by atoms with van der Waals surface area (Å²) in [7, 11) is 2.04. The molecule has 0 unspecified atom stereocenters. The van der Waals surface area contributed by atoms with Crippen molar-refractivity contribution >= 4 is 29.9 Å². The van der Waals surface area contributed by atoms with E-state index in [-0.39, 0.29) is 24.0 Å². The number of hydrogen-bond acceptors (Lipinski definition) is 1. The van der Waals surface area contributed by atoms with Gasteiger partial charge in [0.05, 0.1) is 0 Å². The van der Waals surface area contributed by atoms with Gasteiger partial charge in [-0.05, 0) is 56.7 Å². The highest BCUT2D eigenvalue weighted by atomic mass is 127. The minimum Gasteiger partial charge on any atom is -0.370 e. The first-order chi connectivity index (χ1) is 8.99. The van der Waals surface area contributed by atoms with Crippen LogP contribution in [0.4, 0.5) is 0 Å². The predicted molar refractivity (Wildman–Crippen MR) is 97.0 cm³/mol. The first kappa shape index (κ1) is 17.3. The maximum Gasteiger partial charge on any atom is 0.191 e. The van der Waals surface area contributed by atoms with Gasteiger partial charge in [0.25, 0.3) is 0 Å². The third-order valence-electron chi connectivity index (χ3n) is 3.93. The number of guanidine groups is 1. The van der Waals surface area contributed by atoms with Gasteiger partial charge in [0, 0.05) is 19.6 Å². The normalized spacial score (nSPS) is 14.9. The summed E-state index contributed by atoms with van der Waals surface area (Å²) in [5.74, 6) is 0.685. The molecule has 112 valence electrons. The summed E-state index contributed by atoms with van der Waals surface area (Å²) in [5, 5.41) is 0. The van der Waals surface area contributed by atoms with Crippen LogP contribution in [0.15, 0.2) is 17.1 Å². The zero-order chi connectivity index (χ0) is 14.0. The SMILES string of the molecule is Cc1cc(C)c(CCN=C(N)N(C)C2CC2)c(C)c1.I. The topological polar surface area (TPSA) is 41.6 Å². The van der Waals surface area contributed by atoms with E-state index in [1.54, 1.807) is 0 Å². The van der Waals surface area contributed by atoms with Crippen molar-refractivity contribution in [2.24, 2.45) is 10.7 Å². The van der Waals surface area contributed by atoms with Gasteiger partial charge in [-0.15, -0.1) is 24.0 Å². The smallest absolute Gasteiger partial charge is 0.191 e. The van der Waals surface area contributed by atoms with E-state index in [1.807, 2.05) is 7.05 Å². The molecule has 4 heteroatoms. The molecule has 1 aliphatic carbocycles. The summed E-state index contributed by atoms with van der Waals surface area (Å²) >= 11 is 0. The Labute approximate surface area is 139 Å². The van der Waals surface area contributed by atoms with Gasteiger partial charge in [-0.2, -0.15) is 0 Å². The van der Waals surface area contributed by atoms with Crippen LogP contribution in [0.5, 0.6) is 0 Å². The number of halogens is 1. The molecule has 0 heterocycles. The summed E-state index contributed by atoms with van der Waals surface area (Å²) in [6.45, 7) is 7.27. The Bertz CT molecular complexity index is 469. The van der Waals surface area contributed by atoms with Crippen molar-refractivity contribution in [3.8, 4) is 0 Å². The van der Waals surface area contributed by atoms with Crippen LogP contribution in [0, 0.1) is 20.8 Å². The number of aliphatic imine (C=N–C) groups is 1. The Kier molecular flexibility index (Phi) is 6.30. The molecule has 0 aromatic heterocycles. The number of aryl methyl sites for hydroxylation is 3. The van der Waals surface area contributed by atoms with Crippen molar-refractivity contribution in [3.63, 3.8) is 0 Å². The number of nitrogens with zero attached hydrogens (tertiary/aromatic N) is 2. The van der Waals surface area contributed by atoms with Gasteiger partial charge >= 0.3 is 0 Å². The van der Waals surface area contributed by atoms with Gasteiger partial charge in [0.1, 0.15) is 0 Å². The van der Waals surface area contributed by atoms with Gasteiger partial charge in [0.2, 0.25) is 0 Å². The van der Waals surface area contributed by atoms with Crippen molar-refractivity contribution < 1.29 is 0 Å². The second kappa shape index (κ2) is 7.29. The zero-order valence-electron chi connectivity index (χ0n) is 12.9.